The van der Waals surface area contributed by atoms with Gasteiger partial charge in [0, 0.05) is 19.3 Å². The maximum Gasteiger partial charge on any atom is 0.409 e. The molecule has 0 aromatic carbocycles. The largest absolute Gasteiger partial charge is 0.453 e. The minimum absolute atomic E-state index is 0.120. The van der Waals surface area contributed by atoms with Gasteiger partial charge in [-0.3, -0.25) is 9.78 Å². The quantitative estimate of drug-likeness (QED) is 0.420. The second kappa shape index (κ2) is 10.4. The number of carbonyl (C=O) groups excluding carboxylic acids is 2. The number of hydrogen-bond donors (Lipinski definition) is 3. The number of aliphatic hydroxyl groups is 1. The number of aromatic nitrogens is 3. The fourth-order valence-electron chi connectivity index (χ4n) is 3.94. The summed E-state index contributed by atoms with van der Waals surface area (Å²) in [6.07, 6.45) is 1.51. The minimum Gasteiger partial charge on any atom is -0.453 e. The lowest BCUT2D eigenvalue weighted by atomic mass is 10.0. The molecule has 12 heteroatoms. The van der Waals surface area contributed by atoms with Crippen molar-refractivity contribution < 1.29 is 23.8 Å². The van der Waals surface area contributed by atoms with Crippen LogP contribution in [0.25, 0.3) is 16.9 Å². The summed E-state index contributed by atoms with van der Waals surface area (Å²) in [5, 5.41) is 29.0. The average molecular weight is 510 g/mol. The predicted octanol–water partition coefficient (Wildman–Crippen LogP) is 2.36. The number of amides is 2. The van der Waals surface area contributed by atoms with Gasteiger partial charge in [-0.1, -0.05) is 0 Å². The molecule has 0 spiro atoms. The normalized spacial score (nSPS) is 16.0. The average Bonchev–Trinajstić information content (AvgIpc) is 3.28. The second-order valence-corrected chi connectivity index (χ2v) is 9.34. The summed E-state index contributed by atoms with van der Waals surface area (Å²) >= 11 is 0. The van der Waals surface area contributed by atoms with Gasteiger partial charge in [0.1, 0.15) is 12.2 Å². The number of hydrogen-bond acceptors (Lipinski definition) is 8. The van der Waals surface area contributed by atoms with Gasteiger partial charge < -0.3 is 25.4 Å². The van der Waals surface area contributed by atoms with E-state index < -0.39 is 23.8 Å². The molecule has 1 aliphatic heterocycles. The Balaban J connectivity index is 1.62. The van der Waals surface area contributed by atoms with E-state index in [-0.39, 0.29) is 18.2 Å². The first-order valence-corrected chi connectivity index (χ1v) is 11.7. The van der Waals surface area contributed by atoms with Crippen LogP contribution in [0, 0.1) is 11.3 Å². The number of nitrogens with zero attached hydrogens (tertiary/aromatic N) is 5. The van der Waals surface area contributed by atoms with Crippen LogP contribution in [0.15, 0.2) is 36.7 Å². The molecule has 194 valence electrons. The molecule has 3 N–H and O–H groups in total. The Hall–Kier alpha value is -4.24. The van der Waals surface area contributed by atoms with Gasteiger partial charge in [-0.2, -0.15) is 10.4 Å². The molecule has 0 radical (unpaired) electrons. The van der Waals surface area contributed by atoms with Crippen LogP contribution in [0.2, 0.25) is 0 Å². The van der Waals surface area contributed by atoms with Crippen LogP contribution in [0.1, 0.15) is 36.2 Å². The molecule has 1 saturated heterocycles. The van der Waals surface area contributed by atoms with Gasteiger partial charge in [-0.25, -0.2) is 13.7 Å². The highest BCUT2D eigenvalue weighted by molar-refractivity contribution is 6.00. The zero-order valence-corrected chi connectivity index (χ0v) is 20.7. The van der Waals surface area contributed by atoms with E-state index in [1.807, 2.05) is 0 Å². The zero-order valence-electron chi connectivity index (χ0n) is 20.7. The predicted molar refractivity (Wildman–Crippen MR) is 133 cm³/mol. The molecule has 37 heavy (non-hydrogen) atoms. The standard InChI is InChI=1S/C25H28FN7O4/c1-25(2,36)22(26)14-30-23(34)18-13-29-20(21-5-4-16-8-15(10-27)11-31-33(16)21)9-19(18)28-12-17-6-7-32(17)24(35)37-3/h4-5,8-9,11,13,17,22,36H,6-7,12,14H2,1-3H3,(H,28,29)(H,30,34)/t17-,22-/m1/s1. The third-order valence-corrected chi connectivity index (χ3v) is 6.33. The van der Waals surface area contributed by atoms with E-state index in [0.717, 1.165) is 6.42 Å². The first kappa shape index (κ1) is 25.8. The van der Waals surface area contributed by atoms with Gasteiger partial charge in [0.15, 0.2) is 0 Å². The van der Waals surface area contributed by atoms with E-state index in [2.05, 4.69) is 26.8 Å². The Morgan fingerprint density at radius 1 is 1.35 bits per heavy atom. The molecule has 0 bridgehead atoms. The maximum absolute atomic E-state index is 14.2. The number of pyridine rings is 1. The van der Waals surface area contributed by atoms with E-state index in [9.17, 15) is 19.1 Å². The zero-order chi connectivity index (χ0) is 26.7. The van der Waals surface area contributed by atoms with E-state index in [1.54, 1.807) is 33.7 Å². The van der Waals surface area contributed by atoms with Gasteiger partial charge in [0.2, 0.25) is 0 Å². The van der Waals surface area contributed by atoms with Crippen LogP contribution < -0.4 is 10.6 Å². The summed E-state index contributed by atoms with van der Waals surface area (Å²) < 4.78 is 20.7. The topological polar surface area (TPSA) is 145 Å². The number of likely N-dealkylation sites (tertiary alicyclic amines) is 1. The number of alkyl halides is 1. The molecule has 4 heterocycles. The number of fused-ring (bicyclic) bond motifs is 1. The van der Waals surface area contributed by atoms with Gasteiger partial charge in [0.05, 0.1) is 65.2 Å². The summed E-state index contributed by atoms with van der Waals surface area (Å²) in [6.45, 7) is 3.21. The number of carbonyl (C=O) groups is 2. The molecular formula is C25H28FN7O4. The number of methoxy groups -OCH3 is 1. The SMILES string of the molecule is COC(=O)N1CC[C@@H]1CNc1cc(-c2ccc3cc(C#N)cnn23)ncc1C(=O)NC[C@@H](F)C(C)(C)O. The van der Waals surface area contributed by atoms with Gasteiger partial charge in [-0.15, -0.1) is 0 Å². The second-order valence-electron chi connectivity index (χ2n) is 9.34. The van der Waals surface area contributed by atoms with Crippen molar-refractivity contribution in [2.45, 2.75) is 38.1 Å². The molecule has 2 amide bonds. The van der Waals surface area contributed by atoms with E-state index in [4.69, 9.17) is 10.00 Å². The highest BCUT2D eigenvalue weighted by Crippen LogP contribution is 2.27. The summed E-state index contributed by atoms with van der Waals surface area (Å²) in [4.78, 5) is 30.9. The Bertz CT molecular complexity index is 1360. The molecule has 1 aliphatic rings. The molecule has 11 nitrogen and oxygen atoms in total. The molecule has 0 unspecified atom stereocenters. The number of rotatable bonds is 8. The van der Waals surface area contributed by atoms with Crippen LogP contribution >= 0.6 is 0 Å². The lowest BCUT2D eigenvalue weighted by Crippen LogP contribution is -2.54. The molecule has 0 saturated carbocycles. The number of anilines is 1. The molecular weight excluding hydrogens is 481 g/mol. The van der Waals surface area contributed by atoms with Crippen LogP contribution in [-0.4, -0.2) is 81.2 Å². The first-order chi connectivity index (χ1) is 17.6. The summed E-state index contributed by atoms with van der Waals surface area (Å²) in [6, 6.07) is 8.92. The van der Waals surface area contributed by atoms with Crippen LogP contribution in [0.3, 0.4) is 0 Å². The molecule has 4 rings (SSSR count). The summed E-state index contributed by atoms with van der Waals surface area (Å²) in [5.74, 6) is -0.566. The molecule has 2 atom stereocenters. The van der Waals surface area contributed by atoms with Crippen molar-refractivity contribution in [1.82, 2.24) is 24.8 Å². The van der Waals surface area contributed by atoms with Crippen molar-refractivity contribution in [3.63, 3.8) is 0 Å². The van der Waals surface area contributed by atoms with Crippen LogP contribution in [0.5, 0.6) is 0 Å². The van der Waals surface area contributed by atoms with Gasteiger partial charge in [-0.05, 0) is 44.5 Å². The van der Waals surface area contributed by atoms with E-state index >= 15 is 0 Å². The van der Waals surface area contributed by atoms with E-state index in [1.165, 1.54) is 33.4 Å². The van der Waals surface area contributed by atoms with E-state index in [0.29, 0.717) is 41.2 Å². The number of halogens is 1. The van der Waals surface area contributed by atoms with Crippen molar-refractivity contribution in [3.05, 3.63) is 47.8 Å². The Kier molecular flexibility index (Phi) is 7.26. The smallest absolute Gasteiger partial charge is 0.409 e. The summed E-state index contributed by atoms with van der Waals surface area (Å²) in [5.41, 5.74) is 1.28. The molecule has 0 aliphatic carbocycles. The Morgan fingerprint density at radius 3 is 2.78 bits per heavy atom. The summed E-state index contributed by atoms with van der Waals surface area (Å²) in [7, 11) is 1.32. The van der Waals surface area contributed by atoms with Crippen molar-refractivity contribution >= 4 is 23.2 Å². The maximum atomic E-state index is 14.2. The Labute approximate surface area is 212 Å². The van der Waals surface area contributed by atoms with Gasteiger partial charge >= 0.3 is 6.09 Å². The molecule has 3 aromatic heterocycles. The molecule has 3 aromatic rings. The fourth-order valence-corrected chi connectivity index (χ4v) is 3.94. The van der Waals surface area contributed by atoms with Crippen molar-refractivity contribution in [2.75, 3.05) is 32.1 Å². The lowest BCUT2D eigenvalue weighted by Gasteiger charge is -2.39. The van der Waals surface area contributed by atoms with Crippen LogP contribution in [-0.2, 0) is 4.74 Å². The third kappa shape index (κ3) is 5.46. The monoisotopic (exact) mass is 509 g/mol. The van der Waals surface area contributed by atoms with Crippen molar-refractivity contribution in [3.8, 4) is 17.5 Å². The fraction of sp³-hybridized carbons (Fsp3) is 0.400. The van der Waals surface area contributed by atoms with Crippen LogP contribution in [0.4, 0.5) is 14.9 Å². The number of nitrogens with one attached hydrogen (secondary N) is 2. The highest BCUT2D eigenvalue weighted by Gasteiger charge is 2.33. The minimum atomic E-state index is -1.67. The van der Waals surface area contributed by atoms with Crippen molar-refractivity contribution in [1.29, 1.82) is 5.26 Å². The first-order valence-electron chi connectivity index (χ1n) is 11.7. The molecule has 1 fully saturated rings. The number of ether oxygens (including phenoxy) is 1. The number of nitriles is 1. The van der Waals surface area contributed by atoms with Crippen molar-refractivity contribution in [2.24, 2.45) is 0 Å². The van der Waals surface area contributed by atoms with Gasteiger partial charge in [0.25, 0.3) is 5.91 Å². The highest BCUT2D eigenvalue weighted by atomic mass is 19.1. The third-order valence-electron chi connectivity index (χ3n) is 6.33. The lowest BCUT2D eigenvalue weighted by molar-refractivity contribution is -0.00178. The Morgan fingerprint density at radius 2 is 2.14 bits per heavy atom.